The fourth-order valence-corrected chi connectivity index (χ4v) is 2.69. The number of thioether (sulfide) groups is 1. The van der Waals surface area contributed by atoms with Gasteiger partial charge in [-0.3, -0.25) is 4.79 Å². The second-order valence-corrected chi connectivity index (χ2v) is 6.08. The molecule has 1 fully saturated rings. The first-order valence-electron chi connectivity index (χ1n) is 6.33. The highest BCUT2D eigenvalue weighted by Crippen LogP contribution is 2.08. The molecule has 1 amide bonds. The molecule has 5 nitrogen and oxygen atoms in total. The molecule has 2 N–H and O–H groups in total. The first kappa shape index (κ1) is 15.8. The molecular formula is C12H25N3O2S. The first-order chi connectivity index (χ1) is 8.44. The van der Waals surface area contributed by atoms with Gasteiger partial charge in [-0.1, -0.05) is 0 Å². The standard InChI is InChI=1S/C12H25N3O2S/c1-12(17,10-18-3)9-13-8-11(16)15-6-4-14(2)5-7-15/h13,17H,4-10H2,1-3H3. The van der Waals surface area contributed by atoms with Crippen LogP contribution in [0.3, 0.4) is 0 Å². The molecule has 106 valence electrons. The SMILES string of the molecule is CSCC(C)(O)CNCC(=O)N1CCN(C)CC1. The average molecular weight is 275 g/mol. The minimum Gasteiger partial charge on any atom is -0.388 e. The molecule has 6 heteroatoms. The maximum atomic E-state index is 11.9. The zero-order valence-corrected chi connectivity index (χ0v) is 12.4. The average Bonchev–Trinajstić information content (AvgIpc) is 2.29. The molecule has 1 rings (SSSR count). The molecule has 1 saturated heterocycles. The van der Waals surface area contributed by atoms with Crippen molar-refractivity contribution in [2.45, 2.75) is 12.5 Å². The number of carbonyl (C=O) groups is 1. The summed E-state index contributed by atoms with van der Waals surface area (Å²) in [4.78, 5) is 16.0. The van der Waals surface area contributed by atoms with E-state index in [1.165, 1.54) is 0 Å². The van der Waals surface area contributed by atoms with E-state index >= 15 is 0 Å². The molecule has 0 spiro atoms. The molecule has 0 saturated carbocycles. The zero-order chi connectivity index (χ0) is 13.6. The summed E-state index contributed by atoms with van der Waals surface area (Å²) < 4.78 is 0. The number of carbonyl (C=O) groups excluding carboxylic acids is 1. The fourth-order valence-electron chi connectivity index (χ4n) is 1.97. The van der Waals surface area contributed by atoms with E-state index in [0.717, 1.165) is 26.2 Å². The summed E-state index contributed by atoms with van der Waals surface area (Å²) in [5, 5.41) is 13.0. The van der Waals surface area contributed by atoms with E-state index in [1.807, 2.05) is 11.2 Å². The Morgan fingerprint density at radius 1 is 1.39 bits per heavy atom. The van der Waals surface area contributed by atoms with Crippen LogP contribution in [0.15, 0.2) is 0 Å². The Kier molecular flexibility index (Phi) is 6.42. The summed E-state index contributed by atoms with van der Waals surface area (Å²) in [5.74, 6) is 0.797. The highest BCUT2D eigenvalue weighted by molar-refractivity contribution is 7.98. The van der Waals surface area contributed by atoms with Gasteiger partial charge in [-0.2, -0.15) is 11.8 Å². The predicted octanol–water partition coefficient (Wildman–Crippen LogP) is -0.536. The summed E-state index contributed by atoms with van der Waals surface area (Å²) in [5.41, 5.74) is -0.748. The number of nitrogens with one attached hydrogen (secondary N) is 1. The van der Waals surface area contributed by atoms with Crippen LogP contribution in [-0.2, 0) is 4.79 Å². The third-order valence-corrected chi connectivity index (χ3v) is 4.00. The van der Waals surface area contributed by atoms with Crippen LogP contribution in [0.5, 0.6) is 0 Å². The van der Waals surface area contributed by atoms with Crippen LogP contribution >= 0.6 is 11.8 Å². The summed E-state index contributed by atoms with van der Waals surface area (Å²) in [6.07, 6.45) is 1.96. The van der Waals surface area contributed by atoms with Gasteiger partial charge in [0.05, 0.1) is 12.1 Å². The fraction of sp³-hybridized carbons (Fsp3) is 0.917. The zero-order valence-electron chi connectivity index (χ0n) is 11.6. The van der Waals surface area contributed by atoms with E-state index in [2.05, 4.69) is 17.3 Å². The minimum absolute atomic E-state index is 0.128. The Labute approximate surface area is 114 Å². The van der Waals surface area contributed by atoms with Crippen molar-refractivity contribution in [1.29, 1.82) is 0 Å². The van der Waals surface area contributed by atoms with Crippen molar-refractivity contribution in [3.63, 3.8) is 0 Å². The van der Waals surface area contributed by atoms with Crippen LogP contribution in [0, 0.1) is 0 Å². The highest BCUT2D eigenvalue weighted by atomic mass is 32.2. The normalized spacial score (nSPS) is 20.8. The number of amides is 1. The molecular weight excluding hydrogens is 250 g/mol. The summed E-state index contributed by atoms with van der Waals surface area (Å²) in [6.45, 7) is 6.04. The third-order valence-electron chi connectivity index (χ3n) is 3.09. The molecule has 1 atom stereocenters. The molecule has 0 aromatic heterocycles. The lowest BCUT2D eigenvalue weighted by atomic mass is 10.1. The number of hydrogen-bond acceptors (Lipinski definition) is 5. The van der Waals surface area contributed by atoms with Gasteiger partial charge in [-0.05, 0) is 20.2 Å². The lowest BCUT2D eigenvalue weighted by Gasteiger charge is -2.32. The van der Waals surface area contributed by atoms with Crippen LogP contribution < -0.4 is 5.32 Å². The van der Waals surface area contributed by atoms with Crippen LogP contribution in [0.2, 0.25) is 0 Å². The van der Waals surface area contributed by atoms with Crippen molar-refractivity contribution >= 4 is 17.7 Å². The number of aliphatic hydroxyl groups is 1. The lowest BCUT2D eigenvalue weighted by Crippen LogP contribution is -2.50. The van der Waals surface area contributed by atoms with Gasteiger partial charge in [0.15, 0.2) is 0 Å². The molecule has 0 radical (unpaired) electrons. The van der Waals surface area contributed by atoms with Gasteiger partial charge in [0.1, 0.15) is 0 Å². The van der Waals surface area contributed by atoms with E-state index in [1.54, 1.807) is 18.7 Å². The van der Waals surface area contributed by atoms with Gasteiger partial charge in [0.25, 0.3) is 0 Å². The Balaban J connectivity index is 2.21. The third kappa shape index (κ3) is 5.56. The Morgan fingerprint density at radius 2 is 2.00 bits per heavy atom. The maximum absolute atomic E-state index is 11.9. The van der Waals surface area contributed by atoms with Crippen molar-refractivity contribution in [3.8, 4) is 0 Å². The molecule has 0 aromatic carbocycles. The van der Waals surface area contributed by atoms with Gasteiger partial charge >= 0.3 is 0 Å². The lowest BCUT2D eigenvalue weighted by molar-refractivity contribution is -0.131. The van der Waals surface area contributed by atoms with E-state index in [9.17, 15) is 9.90 Å². The maximum Gasteiger partial charge on any atom is 0.236 e. The highest BCUT2D eigenvalue weighted by Gasteiger charge is 2.21. The topological polar surface area (TPSA) is 55.8 Å². The second-order valence-electron chi connectivity index (χ2n) is 5.22. The Hall–Kier alpha value is -0.300. The van der Waals surface area contributed by atoms with Crippen LogP contribution in [0.25, 0.3) is 0 Å². The number of hydrogen-bond donors (Lipinski definition) is 2. The van der Waals surface area contributed by atoms with Crippen molar-refractivity contribution in [1.82, 2.24) is 15.1 Å². The van der Waals surface area contributed by atoms with Gasteiger partial charge in [0, 0.05) is 38.5 Å². The monoisotopic (exact) mass is 275 g/mol. The summed E-state index contributed by atoms with van der Waals surface area (Å²) >= 11 is 1.60. The molecule has 1 aliphatic heterocycles. The van der Waals surface area contributed by atoms with Gasteiger partial charge < -0.3 is 20.2 Å². The Morgan fingerprint density at radius 3 is 2.56 bits per heavy atom. The molecule has 0 aliphatic carbocycles. The molecule has 0 bridgehead atoms. The largest absolute Gasteiger partial charge is 0.388 e. The molecule has 1 heterocycles. The molecule has 1 unspecified atom stereocenters. The summed E-state index contributed by atoms with van der Waals surface area (Å²) in [6, 6.07) is 0. The van der Waals surface area contributed by atoms with Gasteiger partial charge in [-0.15, -0.1) is 0 Å². The van der Waals surface area contributed by atoms with Crippen molar-refractivity contribution < 1.29 is 9.90 Å². The number of likely N-dealkylation sites (N-methyl/N-ethyl adjacent to an activating group) is 1. The van der Waals surface area contributed by atoms with Crippen molar-refractivity contribution in [2.75, 3.05) is 58.3 Å². The smallest absolute Gasteiger partial charge is 0.236 e. The molecule has 1 aliphatic rings. The van der Waals surface area contributed by atoms with Crippen molar-refractivity contribution in [3.05, 3.63) is 0 Å². The van der Waals surface area contributed by atoms with E-state index in [4.69, 9.17) is 0 Å². The van der Waals surface area contributed by atoms with Gasteiger partial charge in [0.2, 0.25) is 5.91 Å². The predicted molar refractivity (Wildman–Crippen MR) is 76.0 cm³/mol. The van der Waals surface area contributed by atoms with Gasteiger partial charge in [-0.25, -0.2) is 0 Å². The summed E-state index contributed by atoms with van der Waals surface area (Å²) in [7, 11) is 2.07. The van der Waals surface area contributed by atoms with Crippen LogP contribution in [0.1, 0.15) is 6.92 Å². The second kappa shape index (κ2) is 7.33. The molecule has 18 heavy (non-hydrogen) atoms. The van der Waals surface area contributed by atoms with Crippen LogP contribution in [0.4, 0.5) is 0 Å². The first-order valence-corrected chi connectivity index (χ1v) is 7.72. The number of rotatable bonds is 6. The molecule has 0 aromatic rings. The van der Waals surface area contributed by atoms with E-state index in [0.29, 0.717) is 18.8 Å². The minimum atomic E-state index is -0.748. The van der Waals surface area contributed by atoms with Crippen LogP contribution in [-0.4, -0.2) is 84.7 Å². The van der Waals surface area contributed by atoms with Crippen molar-refractivity contribution in [2.24, 2.45) is 0 Å². The van der Waals surface area contributed by atoms with E-state index < -0.39 is 5.60 Å². The quantitative estimate of drug-likeness (QED) is 0.682. The van der Waals surface area contributed by atoms with E-state index in [-0.39, 0.29) is 5.91 Å². The Bertz CT molecular complexity index is 266. The number of nitrogens with zero attached hydrogens (tertiary/aromatic N) is 2. The number of piperazine rings is 1.